The van der Waals surface area contributed by atoms with E-state index in [1.165, 1.54) is 19.1 Å². The summed E-state index contributed by atoms with van der Waals surface area (Å²) in [5.41, 5.74) is -0.248. The fourth-order valence-corrected chi connectivity index (χ4v) is 2.12. The van der Waals surface area contributed by atoms with Crippen molar-refractivity contribution in [1.29, 1.82) is 0 Å². The summed E-state index contributed by atoms with van der Waals surface area (Å²) in [6.07, 6.45) is 0. The van der Waals surface area contributed by atoms with Gasteiger partial charge in [-0.1, -0.05) is 17.7 Å². The van der Waals surface area contributed by atoms with Crippen molar-refractivity contribution < 1.29 is 17.9 Å². The SMILES string of the molecule is Cc1ccc(S(=O)(=O)[C@H](C)O[C]=O)cc1. The summed E-state index contributed by atoms with van der Waals surface area (Å²) in [5, 5.41) is 0. The van der Waals surface area contributed by atoms with Crippen LogP contribution in [0.15, 0.2) is 29.2 Å². The molecule has 0 aliphatic rings. The normalized spacial score (nSPS) is 13.2. The molecule has 15 heavy (non-hydrogen) atoms. The molecule has 0 aliphatic heterocycles. The fourth-order valence-electron chi connectivity index (χ4n) is 1.05. The quantitative estimate of drug-likeness (QED) is 0.775. The van der Waals surface area contributed by atoms with Crippen LogP contribution in [-0.4, -0.2) is 20.3 Å². The van der Waals surface area contributed by atoms with Crippen molar-refractivity contribution in [1.82, 2.24) is 0 Å². The minimum absolute atomic E-state index is 0.135. The Bertz CT molecular complexity index is 433. The predicted molar refractivity (Wildman–Crippen MR) is 54.6 cm³/mol. The second kappa shape index (κ2) is 4.44. The highest BCUT2D eigenvalue weighted by Gasteiger charge is 2.24. The molecule has 1 aromatic carbocycles. The molecule has 1 aromatic rings. The Balaban J connectivity index is 3.06. The van der Waals surface area contributed by atoms with Gasteiger partial charge in [-0.15, -0.1) is 0 Å². The Labute approximate surface area is 88.8 Å². The number of hydrogen-bond donors (Lipinski definition) is 0. The van der Waals surface area contributed by atoms with Crippen LogP contribution in [0, 0.1) is 6.92 Å². The molecule has 4 nitrogen and oxygen atoms in total. The van der Waals surface area contributed by atoms with E-state index in [4.69, 9.17) is 0 Å². The van der Waals surface area contributed by atoms with Crippen molar-refractivity contribution in [2.75, 3.05) is 0 Å². The lowest BCUT2D eigenvalue weighted by Crippen LogP contribution is -2.20. The monoisotopic (exact) mass is 227 g/mol. The Morgan fingerprint density at radius 3 is 2.27 bits per heavy atom. The van der Waals surface area contributed by atoms with Crippen LogP contribution in [0.1, 0.15) is 12.5 Å². The number of aryl methyl sites for hydroxylation is 1. The third-order valence-corrected chi connectivity index (χ3v) is 3.90. The molecule has 81 valence electrons. The first kappa shape index (κ1) is 11.7. The first-order valence-electron chi connectivity index (χ1n) is 4.32. The van der Waals surface area contributed by atoms with Crippen LogP contribution < -0.4 is 0 Å². The lowest BCUT2D eigenvalue weighted by Gasteiger charge is -2.10. The first-order valence-corrected chi connectivity index (χ1v) is 5.86. The number of benzene rings is 1. The zero-order valence-electron chi connectivity index (χ0n) is 8.43. The Kier molecular flexibility index (Phi) is 3.47. The maximum atomic E-state index is 11.7. The van der Waals surface area contributed by atoms with Gasteiger partial charge in [0, 0.05) is 0 Å². The van der Waals surface area contributed by atoms with Crippen LogP contribution in [0.4, 0.5) is 0 Å². The minimum atomic E-state index is -3.60. The van der Waals surface area contributed by atoms with Gasteiger partial charge in [0.05, 0.1) is 4.90 Å². The Morgan fingerprint density at radius 1 is 1.27 bits per heavy atom. The van der Waals surface area contributed by atoms with Gasteiger partial charge in [0.1, 0.15) is 0 Å². The first-order chi connectivity index (χ1) is 6.98. The summed E-state index contributed by atoms with van der Waals surface area (Å²) in [5.74, 6) is 0. The molecule has 0 unspecified atom stereocenters. The molecule has 0 fully saturated rings. The number of ether oxygens (including phenoxy) is 1. The number of hydrogen-bond acceptors (Lipinski definition) is 4. The van der Waals surface area contributed by atoms with Gasteiger partial charge in [-0.2, -0.15) is 0 Å². The molecule has 0 saturated heterocycles. The lowest BCUT2D eigenvalue weighted by molar-refractivity contribution is 0.257. The van der Waals surface area contributed by atoms with E-state index >= 15 is 0 Å². The van der Waals surface area contributed by atoms with Crippen LogP contribution in [0.5, 0.6) is 0 Å². The largest absolute Gasteiger partial charge is 0.437 e. The summed E-state index contributed by atoms with van der Waals surface area (Å²) < 4.78 is 27.8. The minimum Gasteiger partial charge on any atom is -0.437 e. The molecule has 0 heterocycles. The van der Waals surface area contributed by atoms with Crippen molar-refractivity contribution in [3.63, 3.8) is 0 Å². The summed E-state index contributed by atoms with van der Waals surface area (Å²) >= 11 is 0. The van der Waals surface area contributed by atoms with Crippen LogP contribution >= 0.6 is 0 Å². The van der Waals surface area contributed by atoms with Gasteiger partial charge in [0.2, 0.25) is 15.3 Å². The summed E-state index contributed by atoms with van der Waals surface area (Å²) in [7, 11) is -3.60. The Hall–Kier alpha value is -1.36. The van der Waals surface area contributed by atoms with Gasteiger partial charge < -0.3 is 4.74 Å². The number of rotatable bonds is 4. The second-order valence-electron chi connectivity index (χ2n) is 3.13. The van der Waals surface area contributed by atoms with Crippen LogP contribution in [0.2, 0.25) is 0 Å². The van der Waals surface area contributed by atoms with E-state index in [1.54, 1.807) is 12.1 Å². The highest BCUT2D eigenvalue weighted by Crippen LogP contribution is 2.16. The molecule has 0 spiro atoms. The molecular formula is C10H11O4S. The third kappa shape index (κ3) is 2.56. The van der Waals surface area contributed by atoms with E-state index in [0.29, 0.717) is 0 Å². The van der Waals surface area contributed by atoms with Gasteiger partial charge in [0.15, 0.2) is 0 Å². The van der Waals surface area contributed by atoms with Gasteiger partial charge in [-0.05, 0) is 26.0 Å². The molecule has 1 rings (SSSR count). The summed E-state index contributed by atoms with van der Waals surface area (Å²) in [6, 6.07) is 6.33. The Morgan fingerprint density at radius 2 is 1.80 bits per heavy atom. The maximum absolute atomic E-state index is 11.7. The summed E-state index contributed by atoms with van der Waals surface area (Å²) in [4.78, 5) is 10.1. The zero-order valence-corrected chi connectivity index (χ0v) is 9.24. The van der Waals surface area contributed by atoms with Crippen molar-refractivity contribution in [3.05, 3.63) is 29.8 Å². The number of carbonyl (C=O) groups excluding carboxylic acids is 1. The van der Waals surface area contributed by atoms with E-state index in [9.17, 15) is 13.2 Å². The molecule has 0 bridgehead atoms. The lowest BCUT2D eigenvalue weighted by atomic mass is 10.2. The highest BCUT2D eigenvalue weighted by atomic mass is 32.2. The molecule has 0 N–H and O–H groups in total. The summed E-state index contributed by atoms with van der Waals surface area (Å²) in [6.45, 7) is 4.27. The van der Waals surface area contributed by atoms with Gasteiger partial charge >= 0.3 is 6.47 Å². The molecule has 1 atom stereocenters. The fraction of sp³-hybridized carbons (Fsp3) is 0.300. The van der Waals surface area contributed by atoms with Crippen LogP contribution in [0.25, 0.3) is 0 Å². The molecular weight excluding hydrogens is 216 g/mol. The van der Waals surface area contributed by atoms with E-state index in [2.05, 4.69) is 4.74 Å². The molecule has 5 heteroatoms. The average Bonchev–Trinajstić information content (AvgIpc) is 2.18. The molecule has 1 radical (unpaired) electrons. The third-order valence-electron chi connectivity index (χ3n) is 2.00. The molecule has 0 amide bonds. The van der Waals surface area contributed by atoms with E-state index < -0.39 is 15.3 Å². The topological polar surface area (TPSA) is 60.4 Å². The van der Waals surface area contributed by atoms with Crippen molar-refractivity contribution in [2.45, 2.75) is 24.2 Å². The van der Waals surface area contributed by atoms with Gasteiger partial charge in [-0.25, -0.2) is 13.2 Å². The van der Waals surface area contributed by atoms with Crippen LogP contribution in [0.3, 0.4) is 0 Å². The number of sulfone groups is 1. The van der Waals surface area contributed by atoms with Crippen molar-refractivity contribution in [2.24, 2.45) is 0 Å². The van der Waals surface area contributed by atoms with Crippen LogP contribution in [-0.2, 0) is 19.4 Å². The van der Waals surface area contributed by atoms with Crippen molar-refractivity contribution in [3.8, 4) is 0 Å². The maximum Gasteiger partial charge on any atom is 0.418 e. The molecule has 0 aromatic heterocycles. The smallest absolute Gasteiger partial charge is 0.418 e. The van der Waals surface area contributed by atoms with E-state index in [1.807, 2.05) is 6.92 Å². The highest BCUT2D eigenvalue weighted by molar-refractivity contribution is 7.91. The molecule has 0 saturated carbocycles. The van der Waals surface area contributed by atoms with E-state index in [0.717, 1.165) is 12.0 Å². The van der Waals surface area contributed by atoms with Crippen molar-refractivity contribution >= 4 is 16.3 Å². The van der Waals surface area contributed by atoms with Gasteiger partial charge in [-0.3, -0.25) is 0 Å². The van der Waals surface area contributed by atoms with E-state index in [-0.39, 0.29) is 4.90 Å². The average molecular weight is 227 g/mol. The predicted octanol–water partition coefficient (Wildman–Crippen LogP) is 1.20. The standard InChI is InChI=1S/C10H11O4S/c1-8-3-5-10(6-4-8)15(12,13)9(2)14-7-11/h3-6,9H,1-2H3/t9-/m1/s1. The van der Waals surface area contributed by atoms with Gasteiger partial charge in [0.25, 0.3) is 0 Å². The second-order valence-corrected chi connectivity index (χ2v) is 5.35. The zero-order chi connectivity index (χ0) is 11.5. The molecule has 0 aliphatic carbocycles.